The van der Waals surface area contributed by atoms with Crippen LogP contribution in [0.3, 0.4) is 0 Å². The van der Waals surface area contributed by atoms with Gasteiger partial charge >= 0.3 is 5.97 Å². The number of nitrogens with one attached hydrogen (secondary N) is 2. The van der Waals surface area contributed by atoms with E-state index in [2.05, 4.69) is 10.6 Å². The SMILES string of the molecule is CC(C)CC(NC(=O)CCNC(=O)Cc1ccccc1)C(=O)O. The van der Waals surface area contributed by atoms with E-state index in [1.54, 1.807) is 0 Å². The third-order valence-corrected chi connectivity index (χ3v) is 3.22. The highest BCUT2D eigenvalue weighted by Crippen LogP contribution is 2.05. The van der Waals surface area contributed by atoms with Gasteiger partial charge < -0.3 is 15.7 Å². The maximum Gasteiger partial charge on any atom is 0.326 e. The van der Waals surface area contributed by atoms with Gasteiger partial charge in [0.05, 0.1) is 6.42 Å². The quantitative estimate of drug-likeness (QED) is 0.640. The number of hydrogen-bond donors (Lipinski definition) is 3. The number of aliphatic carboxylic acids is 1. The molecule has 23 heavy (non-hydrogen) atoms. The number of carbonyl (C=O) groups is 3. The molecule has 1 aromatic carbocycles. The van der Waals surface area contributed by atoms with Crippen molar-refractivity contribution in [2.45, 2.75) is 39.2 Å². The van der Waals surface area contributed by atoms with Gasteiger partial charge in [0.1, 0.15) is 6.04 Å². The van der Waals surface area contributed by atoms with Crippen LogP contribution in [0.5, 0.6) is 0 Å². The van der Waals surface area contributed by atoms with Crippen molar-refractivity contribution in [1.29, 1.82) is 0 Å². The van der Waals surface area contributed by atoms with Crippen molar-refractivity contribution >= 4 is 17.8 Å². The van der Waals surface area contributed by atoms with E-state index < -0.39 is 12.0 Å². The van der Waals surface area contributed by atoms with Crippen LogP contribution >= 0.6 is 0 Å². The first-order chi connectivity index (χ1) is 10.9. The molecule has 0 aromatic heterocycles. The fraction of sp³-hybridized carbons (Fsp3) is 0.471. The first kappa shape index (κ1) is 18.7. The highest BCUT2D eigenvalue weighted by atomic mass is 16.4. The molecule has 1 aromatic rings. The van der Waals surface area contributed by atoms with E-state index in [-0.39, 0.29) is 37.1 Å². The number of amides is 2. The minimum absolute atomic E-state index is 0.0579. The average Bonchev–Trinajstić information content (AvgIpc) is 2.47. The molecule has 3 N–H and O–H groups in total. The number of carbonyl (C=O) groups excluding carboxylic acids is 2. The lowest BCUT2D eigenvalue weighted by atomic mass is 10.0. The highest BCUT2D eigenvalue weighted by molar-refractivity contribution is 5.84. The Morgan fingerprint density at radius 2 is 1.74 bits per heavy atom. The molecule has 0 saturated carbocycles. The van der Waals surface area contributed by atoms with Gasteiger partial charge in [0.15, 0.2) is 0 Å². The van der Waals surface area contributed by atoms with E-state index in [1.165, 1.54) is 0 Å². The second-order valence-electron chi connectivity index (χ2n) is 5.85. The number of hydrogen-bond acceptors (Lipinski definition) is 3. The van der Waals surface area contributed by atoms with Gasteiger partial charge in [0.25, 0.3) is 0 Å². The molecule has 0 fully saturated rings. The van der Waals surface area contributed by atoms with Crippen LogP contribution in [0.1, 0.15) is 32.3 Å². The Balaban J connectivity index is 2.30. The molecule has 1 atom stereocenters. The molecule has 0 saturated heterocycles. The summed E-state index contributed by atoms with van der Waals surface area (Å²) in [5.74, 6) is -1.42. The maximum atomic E-state index is 11.8. The Morgan fingerprint density at radius 1 is 1.09 bits per heavy atom. The minimum Gasteiger partial charge on any atom is -0.480 e. The Hall–Kier alpha value is -2.37. The lowest BCUT2D eigenvalue weighted by Crippen LogP contribution is -2.42. The fourth-order valence-electron chi connectivity index (χ4n) is 2.12. The van der Waals surface area contributed by atoms with E-state index in [1.807, 2.05) is 44.2 Å². The summed E-state index contributed by atoms with van der Waals surface area (Å²) in [6.07, 6.45) is 0.692. The van der Waals surface area contributed by atoms with Gasteiger partial charge in [-0.3, -0.25) is 9.59 Å². The van der Waals surface area contributed by atoms with E-state index in [0.29, 0.717) is 6.42 Å². The summed E-state index contributed by atoms with van der Waals surface area (Å²) in [6.45, 7) is 3.98. The van der Waals surface area contributed by atoms with Crippen molar-refractivity contribution < 1.29 is 19.5 Å². The molecule has 1 rings (SSSR count). The standard InChI is InChI=1S/C17H24N2O4/c1-12(2)10-14(17(22)23)19-15(20)8-9-18-16(21)11-13-6-4-3-5-7-13/h3-7,12,14H,8-11H2,1-2H3,(H,18,21)(H,19,20)(H,22,23). The van der Waals surface area contributed by atoms with Crippen LogP contribution in [-0.2, 0) is 20.8 Å². The summed E-state index contributed by atoms with van der Waals surface area (Å²) >= 11 is 0. The van der Waals surface area contributed by atoms with Gasteiger partial charge in [0.2, 0.25) is 11.8 Å². The molecule has 2 amide bonds. The van der Waals surface area contributed by atoms with Crippen molar-refractivity contribution in [3.05, 3.63) is 35.9 Å². The van der Waals surface area contributed by atoms with Crippen LogP contribution in [0.4, 0.5) is 0 Å². The molecule has 0 aliphatic rings. The molecule has 0 radical (unpaired) electrons. The molecular formula is C17H24N2O4. The van der Waals surface area contributed by atoms with Crippen LogP contribution in [0, 0.1) is 5.92 Å². The third-order valence-electron chi connectivity index (χ3n) is 3.22. The van der Waals surface area contributed by atoms with E-state index in [9.17, 15) is 14.4 Å². The fourth-order valence-corrected chi connectivity index (χ4v) is 2.12. The van der Waals surface area contributed by atoms with Gasteiger partial charge in [0, 0.05) is 13.0 Å². The second kappa shape index (κ2) is 9.61. The Kier molecular flexibility index (Phi) is 7.80. The lowest BCUT2D eigenvalue weighted by molar-refractivity contribution is -0.142. The zero-order chi connectivity index (χ0) is 17.2. The van der Waals surface area contributed by atoms with Crippen molar-refractivity contribution in [2.75, 3.05) is 6.54 Å². The Labute approximate surface area is 136 Å². The zero-order valence-corrected chi connectivity index (χ0v) is 13.5. The Bertz CT molecular complexity index is 529. The van der Waals surface area contributed by atoms with Crippen LogP contribution in [-0.4, -0.2) is 35.5 Å². The summed E-state index contributed by atoms with van der Waals surface area (Å²) in [5, 5.41) is 14.2. The monoisotopic (exact) mass is 320 g/mol. The number of rotatable bonds is 9. The zero-order valence-electron chi connectivity index (χ0n) is 13.5. The second-order valence-corrected chi connectivity index (χ2v) is 5.85. The number of benzene rings is 1. The van der Waals surface area contributed by atoms with Gasteiger partial charge in [-0.2, -0.15) is 0 Å². The smallest absolute Gasteiger partial charge is 0.326 e. The molecule has 0 aliphatic heterocycles. The normalized spacial score (nSPS) is 11.8. The van der Waals surface area contributed by atoms with Crippen LogP contribution < -0.4 is 10.6 Å². The molecule has 1 unspecified atom stereocenters. The topological polar surface area (TPSA) is 95.5 Å². The molecule has 0 heterocycles. The molecular weight excluding hydrogens is 296 g/mol. The van der Waals surface area contributed by atoms with E-state index in [4.69, 9.17) is 5.11 Å². The summed E-state index contributed by atoms with van der Waals surface area (Å²) in [5.41, 5.74) is 0.900. The van der Waals surface area contributed by atoms with Gasteiger partial charge in [-0.1, -0.05) is 44.2 Å². The molecule has 126 valence electrons. The largest absolute Gasteiger partial charge is 0.480 e. The lowest BCUT2D eigenvalue weighted by Gasteiger charge is -2.16. The van der Waals surface area contributed by atoms with Crippen molar-refractivity contribution in [2.24, 2.45) is 5.92 Å². The first-order valence-corrected chi connectivity index (χ1v) is 7.71. The minimum atomic E-state index is -1.04. The number of carboxylic acid groups (broad SMARTS) is 1. The summed E-state index contributed by atoms with van der Waals surface area (Å²) in [6, 6.07) is 8.42. The Morgan fingerprint density at radius 3 is 2.30 bits per heavy atom. The third kappa shape index (κ3) is 7.99. The van der Waals surface area contributed by atoms with Crippen molar-refractivity contribution in [1.82, 2.24) is 10.6 Å². The predicted octanol–water partition coefficient (Wildman–Crippen LogP) is 1.35. The molecule has 0 aliphatic carbocycles. The van der Waals surface area contributed by atoms with Crippen molar-refractivity contribution in [3.63, 3.8) is 0 Å². The van der Waals surface area contributed by atoms with E-state index in [0.717, 1.165) is 5.56 Å². The molecule has 0 bridgehead atoms. The maximum absolute atomic E-state index is 11.8. The van der Waals surface area contributed by atoms with Gasteiger partial charge in [-0.25, -0.2) is 4.79 Å². The summed E-state index contributed by atoms with van der Waals surface area (Å²) < 4.78 is 0. The first-order valence-electron chi connectivity index (χ1n) is 7.71. The average molecular weight is 320 g/mol. The summed E-state index contributed by atoms with van der Waals surface area (Å²) in [7, 11) is 0. The predicted molar refractivity (Wildman–Crippen MR) is 86.8 cm³/mol. The number of carboxylic acids is 1. The van der Waals surface area contributed by atoms with Gasteiger partial charge in [-0.15, -0.1) is 0 Å². The van der Waals surface area contributed by atoms with Gasteiger partial charge in [-0.05, 0) is 17.9 Å². The molecule has 0 spiro atoms. The van der Waals surface area contributed by atoms with Crippen LogP contribution in [0.2, 0.25) is 0 Å². The van der Waals surface area contributed by atoms with Crippen LogP contribution in [0.15, 0.2) is 30.3 Å². The van der Waals surface area contributed by atoms with Crippen molar-refractivity contribution in [3.8, 4) is 0 Å². The van der Waals surface area contributed by atoms with E-state index >= 15 is 0 Å². The summed E-state index contributed by atoms with van der Waals surface area (Å²) in [4.78, 5) is 34.6. The highest BCUT2D eigenvalue weighted by Gasteiger charge is 2.20. The molecule has 6 nitrogen and oxygen atoms in total. The molecule has 6 heteroatoms. The van der Waals surface area contributed by atoms with Crippen LogP contribution in [0.25, 0.3) is 0 Å².